The first-order chi connectivity index (χ1) is 15.9. The fraction of sp³-hybridized carbons (Fsp3) is 0.440. The van der Waals surface area contributed by atoms with Gasteiger partial charge in [-0.15, -0.1) is 5.10 Å². The van der Waals surface area contributed by atoms with Crippen LogP contribution in [-0.2, 0) is 23.1 Å². The zero-order valence-corrected chi connectivity index (χ0v) is 20.7. The molecule has 1 amide bonds. The minimum atomic E-state index is -0.920. The van der Waals surface area contributed by atoms with Crippen molar-refractivity contribution in [3.05, 3.63) is 52.6 Å². The van der Waals surface area contributed by atoms with Crippen LogP contribution >= 0.6 is 0 Å². The topological polar surface area (TPSA) is 107 Å². The number of hydrogen-bond acceptors (Lipinski definition) is 6. The molecule has 1 N–H and O–H groups in total. The molecule has 0 fully saturated rings. The fourth-order valence-electron chi connectivity index (χ4n) is 3.87. The monoisotopic (exact) mass is 468 g/mol. The molecule has 0 saturated carbocycles. The zero-order valence-electron chi connectivity index (χ0n) is 20.7. The first kappa shape index (κ1) is 25.0. The van der Waals surface area contributed by atoms with Crippen LogP contribution < -0.4 is 4.74 Å². The standard InChI is InChI=1S/C25H32N4O5/c1-15-8-9-16(10-18(15)14-28(5)24(32)34-25(2,3)4)19(13-22(30)31)17-11-20-23(21(12-17)33-7)29(6)27-26-20/h8-12,19H,13-14H2,1-7H3,(H,30,31). The number of ether oxygens (including phenoxy) is 2. The van der Waals surface area contributed by atoms with E-state index in [0.717, 1.165) is 27.8 Å². The summed E-state index contributed by atoms with van der Waals surface area (Å²) in [5.74, 6) is -0.785. The van der Waals surface area contributed by atoms with E-state index in [-0.39, 0.29) is 6.42 Å². The van der Waals surface area contributed by atoms with Crippen molar-refractivity contribution in [2.24, 2.45) is 7.05 Å². The molecule has 0 spiro atoms. The van der Waals surface area contributed by atoms with Gasteiger partial charge in [-0.1, -0.05) is 23.4 Å². The van der Waals surface area contributed by atoms with Crippen LogP contribution in [0, 0.1) is 6.92 Å². The van der Waals surface area contributed by atoms with Crippen molar-refractivity contribution in [1.82, 2.24) is 19.9 Å². The van der Waals surface area contributed by atoms with E-state index in [1.54, 1.807) is 25.9 Å². The number of aromatic nitrogens is 3. The number of carboxylic acids is 1. The molecule has 1 aromatic heterocycles. The number of hydrogen-bond donors (Lipinski definition) is 1. The van der Waals surface area contributed by atoms with Crippen molar-refractivity contribution in [1.29, 1.82) is 0 Å². The Labute approximate surface area is 199 Å². The van der Waals surface area contributed by atoms with Gasteiger partial charge in [-0.25, -0.2) is 9.48 Å². The second kappa shape index (κ2) is 9.70. The maximum absolute atomic E-state index is 12.5. The van der Waals surface area contributed by atoms with Crippen LogP contribution in [-0.4, -0.2) is 56.8 Å². The van der Waals surface area contributed by atoms with E-state index in [9.17, 15) is 14.7 Å². The Kier molecular flexibility index (Phi) is 7.14. The summed E-state index contributed by atoms with van der Waals surface area (Å²) in [6.45, 7) is 7.76. The third kappa shape index (κ3) is 5.65. The number of carboxylic acid groups (broad SMARTS) is 1. The molecule has 0 aliphatic carbocycles. The number of aryl methyl sites for hydroxylation is 2. The van der Waals surface area contributed by atoms with Gasteiger partial charge in [0, 0.05) is 26.6 Å². The lowest BCUT2D eigenvalue weighted by Gasteiger charge is -2.25. The largest absolute Gasteiger partial charge is 0.494 e. The highest BCUT2D eigenvalue weighted by Crippen LogP contribution is 2.35. The van der Waals surface area contributed by atoms with E-state index < -0.39 is 23.6 Å². The third-order valence-corrected chi connectivity index (χ3v) is 5.58. The average molecular weight is 469 g/mol. The van der Waals surface area contributed by atoms with E-state index in [2.05, 4.69) is 10.3 Å². The highest BCUT2D eigenvalue weighted by atomic mass is 16.6. The van der Waals surface area contributed by atoms with E-state index in [0.29, 0.717) is 17.8 Å². The molecule has 34 heavy (non-hydrogen) atoms. The number of carbonyl (C=O) groups excluding carboxylic acids is 1. The molecule has 182 valence electrons. The SMILES string of the molecule is COc1cc(C(CC(=O)O)c2ccc(C)c(CN(C)C(=O)OC(C)(C)C)c2)cc2nnn(C)c12. The smallest absolute Gasteiger partial charge is 0.410 e. The summed E-state index contributed by atoms with van der Waals surface area (Å²) < 4.78 is 12.6. The van der Waals surface area contributed by atoms with Crippen LogP contribution in [0.3, 0.4) is 0 Å². The van der Waals surface area contributed by atoms with Gasteiger partial charge < -0.3 is 19.5 Å². The van der Waals surface area contributed by atoms with Gasteiger partial charge in [0.05, 0.1) is 13.5 Å². The number of fused-ring (bicyclic) bond motifs is 1. The highest BCUT2D eigenvalue weighted by molar-refractivity contribution is 5.83. The van der Waals surface area contributed by atoms with Gasteiger partial charge in [0.2, 0.25) is 0 Å². The predicted octanol–water partition coefficient (Wildman–Crippen LogP) is 4.26. The molecule has 3 aromatic rings. The summed E-state index contributed by atoms with van der Waals surface area (Å²) in [5.41, 5.74) is 4.28. The lowest BCUT2D eigenvalue weighted by Crippen LogP contribution is -2.34. The maximum Gasteiger partial charge on any atom is 0.410 e. The second-order valence-electron chi connectivity index (χ2n) is 9.48. The van der Waals surface area contributed by atoms with Gasteiger partial charge in [0.15, 0.2) is 0 Å². The number of aliphatic carboxylic acids is 1. The van der Waals surface area contributed by atoms with Crippen molar-refractivity contribution in [2.45, 2.75) is 52.2 Å². The average Bonchev–Trinajstić information content (AvgIpc) is 3.12. The molecule has 2 aromatic carbocycles. The molecule has 0 radical (unpaired) electrons. The van der Waals surface area contributed by atoms with Crippen LogP contribution in [0.15, 0.2) is 30.3 Å². The Morgan fingerprint density at radius 2 is 1.88 bits per heavy atom. The molecule has 0 saturated heterocycles. The molecule has 9 nitrogen and oxygen atoms in total. The van der Waals surface area contributed by atoms with Crippen LogP contribution in [0.5, 0.6) is 5.75 Å². The normalized spacial score (nSPS) is 12.4. The molecule has 3 rings (SSSR count). The number of carbonyl (C=O) groups is 2. The summed E-state index contributed by atoms with van der Waals surface area (Å²) in [5, 5.41) is 17.9. The Morgan fingerprint density at radius 1 is 1.18 bits per heavy atom. The number of rotatable bonds is 7. The van der Waals surface area contributed by atoms with Crippen LogP contribution in [0.1, 0.15) is 55.4 Å². The van der Waals surface area contributed by atoms with Gasteiger partial charge in [0.1, 0.15) is 22.4 Å². The molecule has 0 aliphatic heterocycles. The van der Waals surface area contributed by atoms with Crippen molar-refractivity contribution in [3.8, 4) is 5.75 Å². The molecule has 0 aliphatic rings. The van der Waals surface area contributed by atoms with Crippen LogP contribution in [0.4, 0.5) is 4.79 Å². The first-order valence-electron chi connectivity index (χ1n) is 11.0. The fourth-order valence-corrected chi connectivity index (χ4v) is 3.87. The van der Waals surface area contributed by atoms with Gasteiger partial charge in [0.25, 0.3) is 0 Å². The highest BCUT2D eigenvalue weighted by Gasteiger charge is 2.24. The molecular weight excluding hydrogens is 436 g/mol. The molecule has 1 unspecified atom stereocenters. The number of nitrogens with zero attached hydrogens (tertiary/aromatic N) is 4. The minimum absolute atomic E-state index is 0.112. The second-order valence-corrected chi connectivity index (χ2v) is 9.48. The zero-order chi connectivity index (χ0) is 25.2. The third-order valence-electron chi connectivity index (χ3n) is 5.58. The van der Waals surface area contributed by atoms with Gasteiger partial charge >= 0.3 is 12.1 Å². The molecule has 1 heterocycles. The van der Waals surface area contributed by atoms with E-state index in [4.69, 9.17) is 9.47 Å². The van der Waals surface area contributed by atoms with Crippen molar-refractivity contribution >= 4 is 23.1 Å². The van der Waals surface area contributed by atoms with Crippen molar-refractivity contribution in [3.63, 3.8) is 0 Å². The van der Waals surface area contributed by atoms with Crippen molar-refractivity contribution in [2.75, 3.05) is 14.2 Å². The summed E-state index contributed by atoms with van der Waals surface area (Å²) in [6.07, 6.45) is -0.531. The van der Waals surface area contributed by atoms with Gasteiger partial charge in [-0.05, 0) is 62.1 Å². The quantitative estimate of drug-likeness (QED) is 0.552. The summed E-state index contributed by atoms with van der Waals surface area (Å²) >= 11 is 0. The number of benzene rings is 2. The Bertz CT molecular complexity index is 1210. The summed E-state index contributed by atoms with van der Waals surface area (Å²) in [4.78, 5) is 25.8. The van der Waals surface area contributed by atoms with Gasteiger partial charge in [-0.3, -0.25) is 4.79 Å². The van der Waals surface area contributed by atoms with Gasteiger partial charge in [-0.2, -0.15) is 0 Å². The van der Waals surface area contributed by atoms with E-state index in [1.165, 1.54) is 4.90 Å². The summed E-state index contributed by atoms with van der Waals surface area (Å²) in [7, 11) is 5.02. The Hall–Kier alpha value is -3.62. The minimum Gasteiger partial charge on any atom is -0.494 e. The number of amides is 1. The molecule has 0 bridgehead atoms. The molecule has 9 heteroatoms. The van der Waals surface area contributed by atoms with Crippen LogP contribution in [0.25, 0.3) is 11.0 Å². The number of methoxy groups -OCH3 is 1. The Morgan fingerprint density at radius 3 is 2.50 bits per heavy atom. The van der Waals surface area contributed by atoms with Crippen LogP contribution in [0.2, 0.25) is 0 Å². The Balaban J connectivity index is 2.00. The summed E-state index contributed by atoms with van der Waals surface area (Å²) in [6, 6.07) is 9.52. The predicted molar refractivity (Wildman–Crippen MR) is 128 cm³/mol. The van der Waals surface area contributed by atoms with E-state index in [1.807, 2.05) is 58.0 Å². The molecule has 1 atom stereocenters. The van der Waals surface area contributed by atoms with E-state index >= 15 is 0 Å². The maximum atomic E-state index is 12.5. The lowest BCUT2D eigenvalue weighted by molar-refractivity contribution is -0.137. The van der Waals surface area contributed by atoms with Crippen molar-refractivity contribution < 1.29 is 24.2 Å². The lowest BCUT2D eigenvalue weighted by atomic mass is 9.86. The molecular formula is C25H32N4O5. The first-order valence-corrected chi connectivity index (χ1v) is 11.0.